The fourth-order valence-corrected chi connectivity index (χ4v) is 0. The predicted octanol–water partition coefficient (Wildman–Crippen LogP) is 2.18. The summed E-state index contributed by atoms with van der Waals surface area (Å²) in [5.41, 5.74) is 0. The van der Waals surface area contributed by atoms with Crippen LogP contribution >= 0.6 is 15.8 Å². The van der Waals surface area contributed by atoms with Crippen molar-refractivity contribution < 1.29 is 22.4 Å². The second-order valence-corrected chi connectivity index (χ2v) is 9.00. The largest absolute Gasteiger partial charge is 0.0461 e. The van der Waals surface area contributed by atoms with Gasteiger partial charge in [0.05, 0.1) is 0 Å². The van der Waals surface area contributed by atoms with Gasteiger partial charge in [0.15, 0.2) is 0 Å². The van der Waals surface area contributed by atoms with E-state index in [0.717, 1.165) is 0 Å². The molecule has 0 bridgehead atoms. The molecule has 3 heteroatoms. The molecular weight excluding hydrogens is 242 g/mol. The van der Waals surface area contributed by atoms with Gasteiger partial charge in [-0.1, -0.05) is 0 Å². The first-order chi connectivity index (χ1) is 3.46. The van der Waals surface area contributed by atoms with E-state index >= 15 is 0 Å². The summed E-state index contributed by atoms with van der Waals surface area (Å²) in [5, 5.41) is 0. The van der Waals surface area contributed by atoms with Gasteiger partial charge in [0.25, 0.3) is 0 Å². The molecule has 0 aromatic rings. The van der Waals surface area contributed by atoms with E-state index in [4.69, 9.17) is 0 Å². The topological polar surface area (TPSA) is 0 Å². The van der Waals surface area contributed by atoms with Gasteiger partial charge in [0, 0.05) is 62.4 Å². The van der Waals surface area contributed by atoms with Crippen LogP contribution in [0.5, 0.6) is 0 Å². The zero-order valence-corrected chi connectivity index (χ0v) is 10.8. The minimum atomic E-state index is 0. The van der Waals surface area contributed by atoms with Crippen LogP contribution in [0.4, 0.5) is 0 Å². The van der Waals surface area contributed by atoms with Crippen LogP contribution in [0.3, 0.4) is 0 Å². The minimum absolute atomic E-state index is 0. The SMILES string of the molecule is C[PH+](C)C.C[PH+](C)C.[Ag]. The van der Waals surface area contributed by atoms with Crippen LogP contribution in [0.2, 0.25) is 0 Å². The van der Waals surface area contributed by atoms with Crippen LogP contribution in [-0.4, -0.2) is 40.0 Å². The molecule has 0 fully saturated rings. The zero-order valence-electron chi connectivity index (χ0n) is 7.30. The van der Waals surface area contributed by atoms with Crippen molar-refractivity contribution in [3.63, 3.8) is 0 Å². The summed E-state index contributed by atoms with van der Waals surface area (Å²) in [7, 11) is 0.241. The Morgan fingerprint density at radius 2 is 0.556 bits per heavy atom. The molecule has 1 radical (unpaired) electrons. The van der Waals surface area contributed by atoms with Crippen molar-refractivity contribution in [1.82, 2.24) is 0 Å². The molecule has 0 aromatic carbocycles. The van der Waals surface area contributed by atoms with Crippen molar-refractivity contribution >= 4 is 15.8 Å². The third-order valence-electron chi connectivity index (χ3n) is 0. The Morgan fingerprint density at radius 1 is 0.556 bits per heavy atom. The molecule has 0 aromatic heterocycles. The second-order valence-electron chi connectivity index (χ2n) is 3.00. The average Bonchev–Trinajstić information content (AvgIpc) is 1.25. The molecule has 0 rings (SSSR count). The maximum Gasteiger partial charge on any atom is 0.0461 e. The summed E-state index contributed by atoms with van der Waals surface area (Å²) >= 11 is 0. The summed E-state index contributed by atoms with van der Waals surface area (Å²) in [5.74, 6) is 0. The van der Waals surface area contributed by atoms with Gasteiger partial charge in [0.2, 0.25) is 0 Å². The first kappa shape index (κ1) is 16.9. The van der Waals surface area contributed by atoms with Gasteiger partial charge in [-0.25, -0.2) is 0 Å². The standard InChI is InChI=1S/2C3H9P.Ag/c2*1-4(2)3;/h2*1-3H3;/p+2. The van der Waals surface area contributed by atoms with E-state index in [9.17, 15) is 0 Å². The van der Waals surface area contributed by atoms with Crippen LogP contribution in [0.1, 0.15) is 0 Å². The van der Waals surface area contributed by atoms with Crippen molar-refractivity contribution in [3.8, 4) is 0 Å². The average molecular weight is 262 g/mol. The van der Waals surface area contributed by atoms with Gasteiger partial charge in [-0.2, -0.15) is 0 Å². The summed E-state index contributed by atoms with van der Waals surface area (Å²) in [6.07, 6.45) is 0. The van der Waals surface area contributed by atoms with Gasteiger partial charge in [0.1, 0.15) is 0 Å². The fraction of sp³-hybridized carbons (Fsp3) is 1.00. The molecule has 0 unspecified atom stereocenters. The normalized spacial score (nSPS) is 8.00. The Hall–Kier alpha value is 1.60. The monoisotopic (exact) mass is 261 g/mol. The quantitative estimate of drug-likeness (QED) is 0.463. The third kappa shape index (κ3) is 217. The number of hydrogen-bond acceptors (Lipinski definition) is 0. The molecule has 0 saturated carbocycles. The van der Waals surface area contributed by atoms with Crippen LogP contribution in [0.25, 0.3) is 0 Å². The molecule has 0 nitrogen and oxygen atoms in total. The van der Waals surface area contributed by atoms with Gasteiger partial charge in [-0.3, -0.25) is 0 Å². The van der Waals surface area contributed by atoms with Crippen LogP contribution in [0.15, 0.2) is 0 Å². The van der Waals surface area contributed by atoms with E-state index in [-0.39, 0.29) is 38.2 Å². The first-order valence-electron chi connectivity index (χ1n) is 3.00. The van der Waals surface area contributed by atoms with Crippen molar-refractivity contribution in [2.75, 3.05) is 40.0 Å². The maximum absolute atomic E-state index is 2.27. The molecule has 0 heterocycles. The molecule has 0 N–H and O–H groups in total. The van der Waals surface area contributed by atoms with Gasteiger partial charge in [-0.05, 0) is 15.8 Å². The van der Waals surface area contributed by atoms with Gasteiger partial charge >= 0.3 is 0 Å². The first-order valence-corrected chi connectivity index (χ1v) is 9.00. The minimum Gasteiger partial charge on any atom is -0.00840 e. The summed E-state index contributed by atoms with van der Waals surface area (Å²) in [4.78, 5) is 0. The zero-order chi connectivity index (χ0) is 7.15. The molecule has 0 aliphatic carbocycles. The Balaban J connectivity index is -0.0000000720. The Labute approximate surface area is 78.2 Å². The van der Waals surface area contributed by atoms with Gasteiger partial charge in [-0.15, -0.1) is 0 Å². The van der Waals surface area contributed by atoms with E-state index in [0.29, 0.717) is 0 Å². The summed E-state index contributed by atoms with van der Waals surface area (Å²) < 4.78 is 0. The van der Waals surface area contributed by atoms with Crippen molar-refractivity contribution in [2.24, 2.45) is 0 Å². The van der Waals surface area contributed by atoms with E-state index in [2.05, 4.69) is 40.0 Å². The van der Waals surface area contributed by atoms with Crippen molar-refractivity contribution in [2.45, 2.75) is 0 Å². The third-order valence-corrected chi connectivity index (χ3v) is 0. The second kappa shape index (κ2) is 12.3. The van der Waals surface area contributed by atoms with Crippen LogP contribution in [-0.2, 0) is 22.4 Å². The smallest absolute Gasteiger partial charge is 0.00840 e. The molecule has 0 aliphatic rings. The molecule has 63 valence electrons. The van der Waals surface area contributed by atoms with Crippen LogP contribution < -0.4 is 0 Å². The Morgan fingerprint density at radius 3 is 0.556 bits per heavy atom. The molecule has 0 spiro atoms. The van der Waals surface area contributed by atoms with E-state index in [1.807, 2.05) is 0 Å². The fourth-order valence-electron chi connectivity index (χ4n) is 0. The molecule has 0 atom stereocenters. The van der Waals surface area contributed by atoms with E-state index in [1.165, 1.54) is 0 Å². The molecule has 0 saturated heterocycles. The van der Waals surface area contributed by atoms with E-state index in [1.54, 1.807) is 0 Å². The maximum atomic E-state index is 2.27. The molecular formula is C6H20AgP2+2. The summed E-state index contributed by atoms with van der Waals surface area (Å²) in [6, 6.07) is 0. The number of rotatable bonds is 0. The van der Waals surface area contributed by atoms with Crippen LogP contribution in [0, 0.1) is 0 Å². The molecule has 0 amide bonds. The van der Waals surface area contributed by atoms with E-state index < -0.39 is 0 Å². The predicted molar refractivity (Wildman–Crippen MR) is 52.2 cm³/mol. The molecule has 0 aliphatic heterocycles. The molecule has 9 heavy (non-hydrogen) atoms. The van der Waals surface area contributed by atoms with Crippen molar-refractivity contribution in [1.29, 1.82) is 0 Å². The van der Waals surface area contributed by atoms with Crippen molar-refractivity contribution in [3.05, 3.63) is 0 Å². The Kier molecular flexibility index (Phi) is 23.1. The Bertz CT molecular complexity index is 26.5. The van der Waals surface area contributed by atoms with Gasteiger partial charge < -0.3 is 0 Å². The number of hydrogen-bond donors (Lipinski definition) is 0. The summed E-state index contributed by atoms with van der Waals surface area (Å²) in [6.45, 7) is 13.6.